The summed E-state index contributed by atoms with van der Waals surface area (Å²) in [6.07, 6.45) is 1.55. The van der Waals surface area contributed by atoms with E-state index in [2.05, 4.69) is 10.3 Å². The number of nitrogens with two attached hydrogens (primary N) is 1. The molecule has 2 amide bonds. The van der Waals surface area contributed by atoms with E-state index >= 15 is 0 Å². The average Bonchev–Trinajstić information content (AvgIpc) is 2.87. The fourth-order valence-corrected chi connectivity index (χ4v) is 6.71. The highest BCUT2D eigenvalue weighted by atomic mass is 16.3. The lowest BCUT2D eigenvalue weighted by Gasteiger charge is -2.52. The smallest absolute Gasteiger partial charge is 0.235 e. The molecular weight excluding hydrogens is 520 g/mol. The Labute approximate surface area is 228 Å². The summed E-state index contributed by atoms with van der Waals surface area (Å²) in [5.41, 5.74) is 3.53. The Balaban J connectivity index is 1.70. The van der Waals surface area contributed by atoms with E-state index in [1.54, 1.807) is 24.4 Å². The Morgan fingerprint density at radius 3 is 2.42 bits per heavy atom. The van der Waals surface area contributed by atoms with Crippen LogP contribution in [0.3, 0.4) is 0 Å². The SMILES string of the molecule is CC(=O)Nc1cc(-c2ccccn2)c2c(c1O)C(=O)C1C(=O)[C@]3(O)C(=O)C(C(N)=O)C(=O)[C@@H](N(C)C)[C@@H]3C[C@@H]1C2. The molecule has 1 aromatic carbocycles. The number of primary amides is 1. The van der Waals surface area contributed by atoms with Gasteiger partial charge in [-0.15, -0.1) is 0 Å². The Hall–Kier alpha value is -4.29. The van der Waals surface area contributed by atoms with E-state index in [-0.39, 0.29) is 24.1 Å². The van der Waals surface area contributed by atoms with Gasteiger partial charge in [0.15, 0.2) is 34.7 Å². The molecule has 0 spiro atoms. The van der Waals surface area contributed by atoms with Crippen LogP contribution >= 0.6 is 0 Å². The quantitative estimate of drug-likeness (QED) is 0.295. The molecule has 1 heterocycles. The lowest BCUT2D eigenvalue weighted by atomic mass is 9.52. The minimum Gasteiger partial charge on any atom is -0.505 e. The predicted molar refractivity (Wildman–Crippen MR) is 139 cm³/mol. The Kier molecular flexibility index (Phi) is 6.42. The molecule has 3 aliphatic carbocycles. The van der Waals surface area contributed by atoms with Crippen molar-refractivity contribution in [3.63, 3.8) is 0 Å². The summed E-state index contributed by atoms with van der Waals surface area (Å²) in [4.78, 5) is 84.4. The maximum absolute atomic E-state index is 14.0. The monoisotopic (exact) mass is 548 g/mol. The molecule has 2 aromatic rings. The van der Waals surface area contributed by atoms with Crippen LogP contribution in [-0.4, -0.2) is 80.8 Å². The lowest BCUT2D eigenvalue weighted by molar-refractivity contribution is -0.181. The minimum absolute atomic E-state index is 0.0697. The van der Waals surface area contributed by atoms with Crippen molar-refractivity contribution < 1.29 is 39.0 Å². The number of phenolic OH excluding ortho intramolecular Hbond substituents is 1. The second-order valence-corrected chi connectivity index (χ2v) is 10.9. The summed E-state index contributed by atoms with van der Waals surface area (Å²) in [7, 11) is 3.05. The zero-order valence-electron chi connectivity index (χ0n) is 22.0. The van der Waals surface area contributed by atoms with Gasteiger partial charge in [0, 0.05) is 24.6 Å². The first-order chi connectivity index (χ1) is 18.8. The second kappa shape index (κ2) is 9.42. The van der Waals surface area contributed by atoms with Gasteiger partial charge in [0.1, 0.15) is 5.75 Å². The second-order valence-electron chi connectivity index (χ2n) is 10.9. The van der Waals surface area contributed by atoms with Crippen molar-refractivity contribution in [1.29, 1.82) is 0 Å². The Morgan fingerprint density at radius 1 is 1.15 bits per heavy atom. The van der Waals surface area contributed by atoms with Gasteiger partial charge >= 0.3 is 0 Å². The zero-order valence-corrected chi connectivity index (χ0v) is 22.0. The normalized spacial score (nSPS) is 29.5. The summed E-state index contributed by atoms with van der Waals surface area (Å²) in [5, 5.41) is 25.3. The third kappa shape index (κ3) is 3.78. The average molecular weight is 549 g/mol. The third-order valence-electron chi connectivity index (χ3n) is 8.31. The number of fused-ring (bicyclic) bond motifs is 3. The van der Waals surface area contributed by atoms with Gasteiger partial charge in [-0.05, 0) is 56.6 Å². The number of benzene rings is 1. The van der Waals surface area contributed by atoms with E-state index in [1.807, 2.05) is 0 Å². The van der Waals surface area contributed by atoms with Crippen LogP contribution in [0.4, 0.5) is 5.69 Å². The first kappa shape index (κ1) is 27.3. The Morgan fingerprint density at radius 2 is 1.85 bits per heavy atom. The van der Waals surface area contributed by atoms with Crippen LogP contribution in [0.15, 0.2) is 30.5 Å². The maximum atomic E-state index is 14.0. The number of nitrogens with zero attached hydrogens (tertiary/aromatic N) is 2. The van der Waals surface area contributed by atoms with Gasteiger partial charge in [-0.25, -0.2) is 0 Å². The van der Waals surface area contributed by atoms with Crippen LogP contribution in [0.25, 0.3) is 11.3 Å². The summed E-state index contributed by atoms with van der Waals surface area (Å²) in [6.45, 7) is 1.23. The fourth-order valence-electron chi connectivity index (χ4n) is 6.71. The number of amides is 2. The number of phenols is 1. The molecule has 2 saturated carbocycles. The van der Waals surface area contributed by atoms with Gasteiger partial charge < -0.3 is 21.3 Å². The largest absolute Gasteiger partial charge is 0.505 e. The number of hydrogen-bond donors (Lipinski definition) is 4. The summed E-state index contributed by atoms with van der Waals surface area (Å²) in [5.74, 6) is -12.0. The van der Waals surface area contributed by atoms with Crippen molar-refractivity contribution in [2.75, 3.05) is 19.4 Å². The number of anilines is 1. The first-order valence-electron chi connectivity index (χ1n) is 12.7. The number of aromatic hydroxyl groups is 1. The van der Waals surface area contributed by atoms with Gasteiger partial charge in [-0.3, -0.25) is 38.7 Å². The molecule has 208 valence electrons. The number of ketones is 4. The molecule has 0 radical (unpaired) electrons. The number of carbonyl (C=O) groups is 6. The number of Topliss-reactive ketones (excluding diaryl/α,β-unsaturated/α-hetero) is 4. The molecule has 5 rings (SSSR count). The van der Waals surface area contributed by atoms with Crippen LogP contribution in [-0.2, 0) is 30.4 Å². The van der Waals surface area contributed by atoms with Gasteiger partial charge in [0.25, 0.3) is 0 Å². The molecule has 2 unspecified atom stereocenters. The van der Waals surface area contributed by atoms with E-state index < -0.39 is 76.0 Å². The van der Waals surface area contributed by atoms with E-state index in [0.29, 0.717) is 16.8 Å². The maximum Gasteiger partial charge on any atom is 0.235 e. The van der Waals surface area contributed by atoms with Crippen molar-refractivity contribution >= 4 is 40.6 Å². The van der Waals surface area contributed by atoms with E-state index in [4.69, 9.17) is 5.73 Å². The van der Waals surface area contributed by atoms with Gasteiger partial charge in [-0.1, -0.05) is 6.07 Å². The summed E-state index contributed by atoms with van der Waals surface area (Å²) in [6, 6.07) is 5.43. The number of aromatic nitrogens is 1. The van der Waals surface area contributed by atoms with Crippen LogP contribution < -0.4 is 11.1 Å². The topological polar surface area (TPSA) is 197 Å². The van der Waals surface area contributed by atoms with E-state index in [1.165, 1.54) is 32.0 Å². The number of likely N-dealkylation sites (N-methyl/N-ethyl adjacent to an activating group) is 1. The molecule has 0 saturated heterocycles. The highest BCUT2D eigenvalue weighted by Gasteiger charge is 2.69. The first-order valence-corrected chi connectivity index (χ1v) is 12.7. The van der Waals surface area contributed by atoms with Crippen LogP contribution in [0.5, 0.6) is 5.75 Å². The van der Waals surface area contributed by atoms with Crippen LogP contribution in [0.2, 0.25) is 0 Å². The number of rotatable bonds is 4. The van der Waals surface area contributed by atoms with E-state index in [9.17, 15) is 39.0 Å². The van der Waals surface area contributed by atoms with Crippen molar-refractivity contribution in [3.8, 4) is 17.0 Å². The molecule has 0 aliphatic heterocycles. The number of nitrogens with one attached hydrogen (secondary N) is 1. The highest BCUT2D eigenvalue weighted by molar-refractivity contribution is 6.32. The number of carbonyl (C=O) groups excluding carboxylic acids is 6. The zero-order chi connectivity index (χ0) is 29.3. The number of aliphatic hydroxyl groups is 1. The molecule has 0 bridgehead atoms. The molecule has 2 fully saturated rings. The molecule has 1 aromatic heterocycles. The fraction of sp³-hybridized carbons (Fsp3) is 0.393. The van der Waals surface area contributed by atoms with Crippen molar-refractivity contribution in [3.05, 3.63) is 41.6 Å². The highest BCUT2D eigenvalue weighted by Crippen LogP contribution is 2.52. The number of pyridine rings is 1. The van der Waals surface area contributed by atoms with Crippen molar-refractivity contribution in [2.24, 2.45) is 29.4 Å². The molecule has 5 N–H and O–H groups in total. The molecular formula is C28H28N4O8. The van der Waals surface area contributed by atoms with Crippen molar-refractivity contribution in [2.45, 2.75) is 31.4 Å². The van der Waals surface area contributed by atoms with Gasteiger partial charge in [-0.2, -0.15) is 0 Å². The predicted octanol–water partition coefficient (Wildman–Crippen LogP) is -0.113. The number of hydrogen-bond acceptors (Lipinski definition) is 10. The standard InChI is InChI=1S/C28H28N4O8/c1-11(33)31-17-10-13(16-6-4-5-7-30-16)14-8-12-9-15-21(32(2)3)24(36)20(27(29)39)26(38)28(15,40)25(37)18(12)23(35)19(14)22(17)34/h4-7,10,12,15,18,20-21,34,40H,8-9H2,1-3H3,(H2,29,39)(H,31,33)/t12-,15-,18?,20?,21-,28-/m0/s1. The summed E-state index contributed by atoms with van der Waals surface area (Å²) >= 11 is 0. The summed E-state index contributed by atoms with van der Waals surface area (Å²) < 4.78 is 0. The molecule has 40 heavy (non-hydrogen) atoms. The third-order valence-corrected chi connectivity index (χ3v) is 8.31. The lowest BCUT2D eigenvalue weighted by Crippen LogP contribution is -2.74. The van der Waals surface area contributed by atoms with E-state index in [0.717, 1.165) is 0 Å². The molecule has 3 aliphatic rings. The molecule has 12 nitrogen and oxygen atoms in total. The van der Waals surface area contributed by atoms with Gasteiger partial charge in [0.05, 0.1) is 28.9 Å². The Bertz CT molecular complexity index is 1500. The van der Waals surface area contributed by atoms with Crippen LogP contribution in [0, 0.1) is 23.7 Å². The van der Waals surface area contributed by atoms with Gasteiger partial charge in [0.2, 0.25) is 11.8 Å². The molecule has 12 heteroatoms. The minimum atomic E-state index is -2.81. The van der Waals surface area contributed by atoms with Crippen molar-refractivity contribution in [1.82, 2.24) is 9.88 Å². The molecule has 6 atom stereocenters. The van der Waals surface area contributed by atoms with Crippen LogP contribution in [0.1, 0.15) is 29.3 Å².